The van der Waals surface area contributed by atoms with Gasteiger partial charge in [-0.25, -0.2) is 0 Å². The van der Waals surface area contributed by atoms with Crippen molar-refractivity contribution in [2.24, 2.45) is 0 Å². The maximum Gasteiger partial charge on any atom is 0.307 e. The Labute approximate surface area is 143 Å². The van der Waals surface area contributed by atoms with Gasteiger partial charge in [-0.05, 0) is 51.6 Å². The van der Waals surface area contributed by atoms with Crippen LogP contribution in [0.1, 0.15) is 71.1 Å². The first-order chi connectivity index (χ1) is 11.2. The fourth-order valence-corrected chi connectivity index (χ4v) is 5.43. The summed E-state index contributed by atoms with van der Waals surface area (Å²) in [5.41, 5.74) is 0. The SMILES string of the molecule is CCCC[S@@](=O)[C@@H]1CCCC[C@@H]1OC(=O)CCN1CCCCC1. The van der Waals surface area contributed by atoms with Crippen molar-refractivity contribution in [1.82, 2.24) is 4.90 Å². The molecule has 0 unspecified atom stereocenters. The number of piperidine rings is 1. The van der Waals surface area contributed by atoms with Crippen LogP contribution in [0.5, 0.6) is 0 Å². The molecule has 0 aromatic rings. The second kappa shape index (κ2) is 10.4. The van der Waals surface area contributed by atoms with Gasteiger partial charge in [0.1, 0.15) is 6.10 Å². The number of rotatable bonds is 8. The van der Waals surface area contributed by atoms with Crippen LogP contribution < -0.4 is 0 Å². The lowest BCUT2D eigenvalue weighted by Gasteiger charge is -2.31. The van der Waals surface area contributed by atoms with Crippen LogP contribution in [-0.2, 0) is 20.3 Å². The normalized spacial score (nSPS) is 27.5. The predicted molar refractivity (Wildman–Crippen MR) is 95.0 cm³/mol. The summed E-state index contributed by atoms with van der Waals surface area (Å²) in [6, 6.07) is 0. The molecule has 0 aromatic heterocycles. The quantitative estimate of drug-likeness (QED) is 0.635. The van der Waals surface area contributed by atoms with Crippen molar-refractivity contribution < 1.29 is 13.7 Å². The first-order valence-corrected chi connectivity index (χ1v) is 10.9. The van der Waals surface area contributed by atoms with Gasteiger partial charge in [0.05, 0.1) is 11.7 Å². The minimum Gasteiger partial charge on any atom is -0.461 e. The van der Waals surface area contributed by atoms with Crippen molar-refractivity contribution >= 4 is 16.8 Å². The highest BCUT2D eigenvalue weighted by Crippen LogP contribution is 2.26. The molecular formula is C18H33NO3S. The van der Waals surface area contributed by atoms with E-state index in [2.05, 4.69) is 11.8 Å². The number of ether oxygens (including phenoxy) is 1. The van der Waals surface area contributed by atoms with Crippen LogP contribution in [0.4, 0.5) is 0 Å². The molecule has 0 radical (unpaired) electrons. The predicted octanol–water partition coefficient (Wildman–Crippen LogP) is 3.27. The lowest BCUT2D eigenvalue weighted by Crippen LogP contribution is -2.39. The van der Waals surface area contributed by atoms with Gasteiger partial charge in [0.2, 0.25) is 0 Å². The number of esters is 1. The number of carbonyl (C=O) groups excluding carboxylic acids is 1. The molecular weight excluding hydrogens is 310 g/mol. The molecule has 0 spiro atoms. The molecule has 4 nitrogen and oxygen atoms in total. The molecule has 1 aliphatic carbocycles. The Balaban J connectivity index is 1.75. The molecule has 2 rings (SSSR count). The summed E-state index contributed by atoms with van der Waals surface area (Å²) >= 11 is 0. The van der Waals surface area contributed by atoms with Crippen LogP contribution in [0.15, 0.2) is 0 Å². The first kappa shape index (κ1) is 18.9. The van der Waals surface area contributed by atoms with Gasteiger partial charge in [-0.3, -0.25) is 9.00 Å². The zero-order valence-electron chi connectivity index (χ0n) is 14.6. The Morgan fingerprint density at radius 1 is 1.13 bits per heavy atom. The third-order valence-corrected chi connectivity index (χ3v) is 6.95. The zero-order valence-corrected chi connectivity index (χ0v) is 15.5. The second-order valence-corrected chi connectivity index (χ2v) is 8.72. The van der Waals surface area contributed by atoms with Gasteiger partial charge in [-0.2, -0.15) is 0 Å². The lowest BCUT2D eigenvalue weighted by molar-refractivity contribution is -0.150. The summed E-state index contributed by atoms with van der Waals surface area (Å²) in [4.78, 5) is 14.6. The summed E-state index contributed by atoms with van der Waals surface area (Å²) in [5.74, 6) is 0.656. The average molecular weight is 344 g/mol. The highest BCUT2D eigenvalue weighted by atomic mass is 32.2. The highest BCUT2D eigenvalue weighted by molar-refractivity contribution is 7.85. The smallest absolute Gasteiger partial charge is 0.307 e. The number of hydrogen-bond acceptors (Lipinski definition) is 4. The van der Waals surface area contributed by atoms with E-state index in [1.807, 2.05) is 0 Å². The van der Waals surface area contributed by atoms with Crippen molar-refractivity contribution in [2.45, 2.75) is 82.5 Å². The van der Waals surface area contributed by atoms with Gasteiger partial charge < -0.3 is 9.64 Å². The van der Waals surface area contributed by atoms with E-state index in [-0.39, 0.29) is 17.3 Å². The summed E-state index contributed by atoms with van der Waals surface area (Å²) < 4.78 is 18.2. The van der Waals surface area contributed by atoms with Crippen molar-refractivity contribution in [1.29, 1.82) is 0 Å². The minimum atomic E-state index is -0.849. The van der Waals surface area contributed by atoms with E-state index in [0.29, 0.717) is 6.42 Å². The van der Waals surface area contributed by atoms with E-state index >= 15 is 0 Å². The molecule has 0 amide bonds. The molecule has 5 heteroatoms. The Morgan fingerprint density at radius 2 is 1.87 bits per heavy atom. The first-order valence-electron chi connectivity index (χ1n) is 9.49. The van der Waals surface area contributed by atoms with Crippen LogP contribution in [0.2, 0.25) is 0 Å². The molecule has 1 aliphatic heterocycles. The second-order valence-electron chi connectivity index (χ2n) is 6.94. The van der Waals surface area contributed by atoms with Gasteiger partial charge in [0.15, 0.2) is 0 Å². The molecule has 2 fully saturated rings. The van der Waals surface area contributed by atoms with Crippen molar-refractivity contribution in [3.63, 3.8) is 0 Å². The van der Waals surface area contributed by atoms with Crippen LogP contribution in [0.25, 0.3) is 0 Å². The van der Waals surface area contributed by atoms with Crippen LogP contribution in [0.3, 0.4) is 0 Å². The molecule has 0 aromatic carbocycles. The topological polar surface area (TPSA) is 46.6 Å². The van der Waals surface area contributed by atoms with Gasteiger partial charge in [0.25, 0.3) is 0 Å². The maximum absolute atomic E-state index is 12.5. The highest BCUT2D eigenvalue weighted by Gasteiger charge is 2.32. The Hall–Kier alpha value is -0.420. The third-order valence-electron chi connectivity index (χ3n) is 5.04. The molecule has 2 aliphatic rings. The fraction of sp³-hybridized carbons (Fsp3) is 0.944. The van der Waals surface area contributed by atoms with E-state index in [9.17, 15) is 9.00 Å². The molecule has 3 atom stereocenters. The number of hydrogen-bond donors (Lipinski definition) is 0. The molecule has 1 heterocycles. The Kier molecular flexibility index (Phi) is 8.59. The van der Waals surface area contributed by atoms with Crippen molar-refractivity contribution in [3.05, 3.63) is 0 Å². The number of unbranched alkanes of at least 4 members (excludes halogenated alkanes) is 1. The molecule has 134 valence electrons. The molecule has 0 N–H and O–H groups in total. The number of likely N-dealkylation sites (tertiary alicyclic amines) is 1. The largest absolute Gasteiger partial charge is 0.461 e. The van der Waals surface area contributed by atoms with Crippen molar-refractivity contribution in [3.8, 4) is 0 Å². The molecule has 1 saturated carbocycles. The summed E-state index contributed by atoms with van der Waals surface area (Å²) in [5, 5.41) is 0.0641. The van der Waals surface area contributed by atoms with Gasteiger partial charge >= 0.3 is 5.97 Å². The van der Waals surface area contributed by atoms with E-state index in [1.54, 1.807) is 0 Å². The fourth-order valence-electron chi connectivity index (χ4n) is 3.60. The van der Waals surface area contributed by atoms with E-state index in [0.717, 1.165) is 63.9 Å². The van der Waals surface area contributed by atoms with Gasteiger partial charge in [-0.1, -0.05) is 26.2 Å². The maximum atomic E-state index is 12.5. The van der Waals surface area contributed by atoms with Gasteiger partial charge in [0, 0.05) is 23.1 Å². The Morgan fingerprint density at radius 3 is 2.61 bits per heavy atom. The number of carbonyl (C=O) groups is 1. The van der Waals surface area contributed by atoms with Gasteiger partial charge in [-0.15, -0.1) is 0 Å². The average Bonchev–Trinajstić information content (AvgIpc) is 2.59. The van der Waals surface area contributed by atoms with Crippen LogP contribution in [-0.4, -0.2) is 51.8 Å². The summed E-state index contributed by atoms with van der Waals surface area (Å²) in [7, 11) is -0.849. The summed E-state index contributed by atoms with van der Waals surface area (Å²) in [6.45, 7) is 5.16. The van der Waals surface area contributed by atoms with E-state index < -0.39 is 10.8 Å². The molecule has 0 bridgehead atoms. The summed E-state index contributed by atoms with van der Waals surface area (Å²) in [6.07, 6.45) is 10.3. The monoisotopic (exact) mass is 343 g/mol. The van der Waals surface area contributed by atoms with Crippen LogP contribution >= 0.6 is 0 Å². The third kappa shape index (κ3) is 6.54. The molecule has 1 saturated heterocycles. The molecule has 23 heavy (non-hydrogen) atoms. The lowest BCUT2D eigenvalue weighted by atomic mass is 9.97. The number of nitrogens with zero attached hydrogens (tertiary/aromatic N) is 1. The standard InChI is InChI=1S/C18H33NO3S/c1-2-3-15-23(21)17-10-6-5-9-16(17)22-18(20)11-14-19-12-7-4-8-13-19/h16-17H,2-15H2,1H3/t16-,17+,23+/m0/s1. The zero-order chi connectivity index (χ0) is 16.5. The van der Waals surface area contributed by atoms with E-state index in [4.69, 9.17) is 4.74 Å². The minimum absolute atomic E-state index is 0.0641. The Bertz CT molecular complexity index is 382. The van der Waals surface area contributed by atoms with E-state index in [1.165, 1.54) is 19.3 Å². The van der Waals surface area contributed by atoms with Crippen molar-refractivity contribution in [2.75, 3.05) is 25.4 Å². The van der Waals surface area contributed by atoms with Crippen LogP contribution in [0, 0.1) is 0 Å².